The number of nitrogens with one attached hydrogen (secondary N) is 1. The summed E-state index contributed by atoms with van der Waals surface area (Å²) >= 11 is 0. The highest BCUT2D eigenvalue weighted by Crippen LogP contribution is 2.33. The van der Waals surface area contributed by atoms with Crippen molar-refractivity contribution in [2.45, 2.75) is 90.8 Å². The van der Waals surface area contributed by atoms with Crippen molar-refractivity contribution in [3.8, 4) is 5.75 Å². The second-order valence-electron chi connectivity index (χ2n) is 7.53. The molecule has 0 aromatic heterocycles. The summed E-state index contributed by atoms with van der Waals surface area (Å²) in [6.07, 6.45) is 8.18. The first-order chi connectivity index (χ1) is 12.5. The minimum absolute atomic E-state index is 0.00263. The molecule has 1 saturated carbocycles. The first-order valence-electron chi connectivity index (χ1n) is 10.2. The van der Waals surface area contributed by atoms with Crippen molar-refractivity contribution < 1.29 is 14.3 Å². The van der Waals surface area contributed by atoms with E-state index in [0.29, 0.717) is 6.61 Å². The number of anilines is 1. The maximum Gasteiger partial charge on any atom is 0.256 e. The SMILES string of the molecule is CCCOC1(C(=O)Nc2ccc(O[C@H](C)CC)c(C)c2)CCCCCC1. The second-order valence-corrected chi connectivity index (χ2v) is 7.53. The van der Waals surface area contributed by atoms with Gasteiger partial charge in [-0.2, -0.15) is 0 Å². The summed E-state index contributed by atoms with van der Waals surface area (Å²) in [6, 6.07) is 5.86. The Morgan fingerprint density at radius 2 is 1.88 bits per heavy atom. The molecule has 1 aliphatic rings. The summed E-state index contributed by atoms with van der Waals surface area (Å²) in [7, 11) is 0. The Morgan fingerprint density at radius 1 is 1.19 bits per heavy atom. The van der Waals surface area contributed by atoms with E-state index in [4.69, 9.17) is 9.47 Å². The van der Waals surface area contributed by atoms with E-state index in [9.17, 15) is 4.79 Å². The van der Waals surface area contributed by atoms with Gasteiger partial charge < -0.3 is 14.8 Å². The van der Waals surface area contributed by atoms with E-state index in [1.807, 2.05) is 25.1 Å². The van der Waals surface area contributed by atoms with E-state index >= 15 is 0 Å². The maximum atomic E-state index is 13.1. The molecule has 4 heteroatoms. The largest absolute Gasteiger partial charge is 0.490 e. The van der Waals surface area contributed by atoms with Crippen LogP contribution in [-0.4, -0.2) is 24.2 Å². The van der Waals surface area contributed by atoms with Gasteiger partial charge in [-0.25, -0.2) is 0 Å². The van der Waals surface area contributed by atoms with Crippen LogP contribution in [0.1, 0.15) is 77.7 Å². The zero-order valence-corrected chi connectivity index (χ0v) is 16.9. The molecule has 0 saturated heterocycles. The van der Waals surface area contributed by atoms with Crippen molar-refractivity contribution in [3.63, 3.8) is 0 Å². The Morgan fingerprint density at radius 3 is 2.46 bits per heavy atom. The Balaban J connectivity index is 2.11. The van der Waals surface area contributed by atoms with Crippen LogP contribution in [0, 0.1) is 6.92 Å². The van der Waals surface area contributed by atoms with E-state index in [2.05, 4.69) is 26.1 Å². The van der Waals surface area contributed by atoms with Gasteiger partial charge in [-0.15, -0.1) is 0 Å². The number of ether oxygens (including phenoxy) is 2. The summed E-state index contributed by atoms with van der Waals surface area (Å²) in [5.74, 6) is 0.881. The number of hydrogen-bond acceptors (Lipinski definition) is 3. The van der Waals surface area contributed by atoms with Gasteiger partial charge in [0.2, 0.25) is 0 Å². The molecular formula is C22H35NO3. The zero-order chi connectivity index (χ0) is 19.0. The molecule has 0 aliphatic heterocycles. The van der Waals surface area contributed by atoms with Crippen molar-refractivity contribution in [2.24, 2.45) is 0 Å². The molecule has 1 amide bonds. The predicted octanol–water partition coefficient (Wildman–Crippen LogP) is 5.63. The van der Waals surface area contributed by atoms with Crippen LogP contribution in [0.25, 0.3) is 0 Å². The average Bonchev–Trinajstić information content (AvgIpc) is 2.88. The van der Waals surface area contributed by atoms with Crippen LogP contribution in [0.3, 0.4) is 0 Å². The third-order valence-corrected chi connectivity index (χ3v) is 5.24. The molecule has 26 heavy (non-hydrogen) atoms. The lowest BCUT2D eigenvalue weighted by Crippen LogP contribution is -2.45. The van der Waals surface area contributed by atoms with Crippen molar-refractivity contribution >= 4 is 11.6 Å². The topological polar surface area (TPSA) is 47.6 Å². The second kappa shape index (κ2) is 9.96. The Bertz CT molecular complexity index is 577. The lowest BCUT2D eigenvalue weighted by atomic mass is 9.92. The molecule has 0 spiro atoms. The van der Waals surface area contributed by atoms with Crippen LogP contribution in [0.4, 0.5) is 5.69 Å². The fraction of sp³-hybridized carbons (Fsp3) is 0.682. The Labute approximate surface area is 158 Å². The van der Waals surface area contributed by atoms with Gasteiger partial charge in [-0.05, 0) is 63.3 Å². The first-order valence-corrected chi connectivity index (χ1v) is 10.2. The molecule has 1 fully saturated rings. The van der Waals surface area contributed by atoms with Crippen LogP contribution in [0.5, 0.6) is 5.75 Å². The van der Waals surface area contributed by atoms with E-state index in [1.54, 1.807) is 0 Å². The average molecular weight is 362 g/mol. The standard InChI is InChI=1S/C22H35NO3/c1-5-15-25-22(13-9-7-8-10-14-22)21(24)23-19-11-12-20(17(3)16-19)26-18(4)6-2/h11-12,16,18H,5-10,13-15H2,1-4H3,(H,23,24)/t18-/m1/s1. The van der Waals surface area contributed by atoms with Gasteiger partial charge in [0.15, 0.2) is 0 Å². The molecule has 1 aromatic rings. The van der Waals surface area contributed by atoms with Crippen LogP contribution in [0.15, 0.2) is 18.2 Å². The van der Waals surface area contributed by atoms with Gasteiger partial charge >= 0.3 is 0 Å². The van der Waals surface area contributed by atoms with E-state index in [1.165, 1.54) is 12.8 Å². The van der Waals surface area contributed by atoms with Gasteiger partial charge in [0.05, 0.1) is 6.10 Å². The number of carbonyl (C=O) groups is 1. The van der Waals surface area contributed by atoms with Gasteiger partial charge in [-0.1, -0.05) is 39.5 Å². The van der Waals surface area contributed by atoms with Gasteiger partial charge in [0.25, 0.3) is 5.91 Å². The molecule has 0 radical (unpaired) electrons. The molecule has 0 bridgehead atoms. The molecule has 2 rings (SSSR count). The van der Waals surface area contributed by atoms with E-state index < -0.39 is 5.60 Å². The normalized spacial score (nSPS) is 18.0. The third kappa shape index (κ3) is 5.47. The van der Waals surface area contributed by atoms with Gasteiger partial charge in [0, 0.05) is 12.3 Å². The van der Waals surface area contributed by atoms with Crippen LogP contribution < -0.4 is 10.1 Å². The van der Waals surface area contributed by atoms with Crippen LogP contribution in [0.2, 0.25) is 0 Å². The number of hydrogen-bond donors (Lipinski definition) is 1. The highest BCUT2D eigenvalue weighted by atomic mass is 16.5. The monoisotopic (exact) mass is 361 g/mol. The van der Waals surface area contributed by atoms with Crippen molar-refractivity contribution in [1.29, 1.82) is 0 Å². The van der Waals surface area contributed by atoms with E-state index in [-0.39, 0.29) is 12.0 Å². The van der Waals surface area contributed by atoms with Gasteiger partial charge in [-0.3, -0.25) is 4.79 Å². The highest BCUT2D eigenvalue weighted by Gasteiger charge is 2.39. The maximum absolute atomic E-state index is 13.1. The molecular weight excluding hydrogens is 326 g/mol. The highest BCUT2D eigenvalue weighted by molar-refractivity contribution is 5.97. The zero-order valence-electron chi connectivity index (χ0n) is 16.9. The van der Waals surface area contributed by atoms with Crippen molar-refractivity contribution in [1.82, 2.24) is 0 Å². The smallest absolute Gasteiger partial charge is 0.256 e. The number of amides is 1. The summed E-state index contributed by atoms with van der Waals surface area (Å²) in [5.41, 5.74) is 1.17. The first kappa shape index (κ1) is 20.8. The molecule has 0 heterocycles. The third-order valence-electron chi connectivity index (χ3n) is 5.24. The molecule has 146 valence electrons. The lowest BCUT2D eigenvalue weighted by Gasteiger charge is -2.31. The summed E-state index contributed by atoms with van der Waals surface area (Å²) in [6.45, 7) is 8.91. The molecule has 1 atom stereocenters. The number of rotatable bonds is 8. The summed E-state index contributed by atoms with van der Waals surface area (Å²) in [4.78, 5) is 13.1. The van der Waals surface area contributed by atoms with Gasteiger partial charge in [0.1, 0.15) is 11.4 Å². The Hall–Kier alpha value is -1.55. The molecule has 1 aromatic carbocycles. The molecule has 1 N–H and O–H groups in total. The summed E-state index contributed by atoms with van der Waals surface area (Å²) in [5, 5.41) is 3.11. The number of benzene rings is 1. The number of aryl methyl sites for hydroxylation is 1. The minimum Gasteiger partial charge on any atom is -0.490 e. The molecule has 0 unspecified atom stereocenters. The van der Waals surface area contributed by atoms with E-state index in [0.717, 1.165) is 55.5 Å². The predicted molar refractivity (Wildman–Crippen MR) is 107 cm³/mol. The lowest BCUT2D eigenvalue weighted by molar-refractivity contribution is -0.143. The minimum atomic E-state index is -0.674. The number of carbonyl (C=O) groups excluding carboxylic acids is 1. The van der Waals surface area contributed by atoms with Crippen molar-refractivity contribution in [3.05, 3.63) is 23.8 Å². The fourth-order valence-electron chi connectivity index (χ4n) is 3.44. The Kier molecular flexibility index (Phi) is 7.95. The summed E-state index contributed by atoms with van der Waals surface area (Å²) < 4.78 is 12.0. The van der Waals surface area contributed by atoms with Crippen molar-refractivity contribution in [2.75, 3.05) is 11.9 Å². The fourth-order valence-corrected chi connectivity index (χ4v) is 3.44. The quantitative estimate of drug-likeness (QED) is 0.610. The van der Waals surface area contributed by atoms with Crippen LogP contribution in [-0.2, 0) is 9.53 Å². The molecule has 1 aliphatic carbocycles. The van der Waals surface area contributed by atoms with Crippen LogP contribution >= 0.6 is 0 Å². The molecule has 4 nitrogen and oxygen atoms in total.